The van der Waals surface area contributed by atoms with Crippen LogP contribution in [-0.4, -0.2) is 22.3 Å². The van der Waals surface area contributed by atoms with E-state index in [1.807, 2.05) is 0 Å². The molecule has 1 atom stereocenters. The molecule has 0 aromatic carbocycles. The lowest BCUT2D eigenvalue weighted by molar-refractivity contribution is -0.123. The molecule has 0 saturated heterocycles. The largest absolute Gasteiger partial charge is 0.477 e. The van der Waals surface area contributed by atoms with Gasteiger partial charge in [0.1, 0.15) is 0 Å². The second kappa shape index (κ2) is 3.96. The van der Waals surface area contributed by atoms with Gasteiger partial charge in [0.25, 0.3) is 5.91 Å². The van der Waals surface area contributed by atoms with Crippen molar-refractivity contribution in [2.45, 2.75) is 12.5 Å². The summed E-state index contributed by atoms with van der Waals surface area (Å²) >= 11 is 3.28. The maximum Gasteiger partial charge on any atom is 0.266 e. The number of halogens is 1. The van der Waals surface area contributed by atoms with Crippen molar-refractivity contribution in [3.63, 3.8) is 0 Å². The Morgan fingerprint density at radius 2 is 2.50 bits per heavy atom. The highest BCUT2D eigenvalue weighted by Gasteiger charge is 2.27. The van der Waals surface area contributed by atoms with Gasteiger partial charge in [-0.1, -0.05) is 15.9 Å². The standard InChI is InChI=1S/C9H9BrN2O2/c10-4-3-7-9(13)12-8-6(14-7)2-1-5-11-8/h1-2,5,7H,3-4H2,(H,11,12,13)/t7-/m0/s1. The summed E-state index contributed by atoms with van der Waals surface area (Å²) in [5.41, 5.74) is 0. The van der Waals surface area contributed by atoms with E-state index in [-0.39, 0.29) is 5.91 Å². The number of nitrogens with zero attached hydrogens (tertiary/aromatic N) is 1. The summed E-state index contributed by atoms with van der Waals surface area (Å²) < 4.78 is 5.48. The monoisotopic (exact) mass is 256 g/mol. The summed E-state index contributed by atoms with van der Waals surface area (Å²) in [4.78, 5) is 15.4. The van der Waals surface area contributed by atoms with Gasteiger partial charge in [-0.2, -0.15) is 0 Å². The number of aromatic nitrogens is 1. The molecule has 2 heterocycles. The minimum atomic E-state index is -0.411. The SMILES string of the molecule is O=C1Nc2ncccc2O[C@H]1CCBr. The van der Waals surface area contributed by atoms with E-state index in [1.54, 1.807) is 18.3 Å². The van der Waals surface area contributed by atoms with E-state index in [0.717, 1.165) is 5.33 Å². The number of amides is 1. The number of anilines is 1. The first-order valence-corrected chi connectivity index (χ1v) is 5.42. The van der Waals surface area contributed by atoms with E-state index in [1.165, 1.54) is 0 Å². The third kappa shape index (κ3) is 1.72. The molecule has 0 fully saturated rings. The molecule has 0 saturated carbocycles. The van der Waals surface area contributed by atoms with Crippen LogP contribution in [0.2, 0.25) is 0 Å². The number of alkyl halides is 1. The number of rotatable bonds is 2. The molecule has 1 aliphatic rings. The smallest absolute Gasteiger partial charge is 0.266 e. The van der Waals surface area contributed by atoms with Gasteiger partial charge in [-0.05, 0) is 12.1 Å². The second-order valence-corrected chi connectivity index (χ2v) is 3.72. The lowest BCUT2D eigenvalue weighted by Gasteiger charge is -2.24. The number of fused-ring (bicyclic) bond motifs is 1. The van der Waals surface area contributed by atoms with Crippen molar-refractivity contribution in [2.75, 3.05) is 10.6 Å². The van der Waals surface area contributed by atoms with Crippen molar-refractivity contribution < 1.29 is 9.53 Å². The van der Waals surface area contributed by atoms with Crippen molar-refractivity contribution in [3.05, 3.63) is 18.3 Å². The van der Waals surface area contributed by atoms with Crippen molar-refractivity contribution in [3.8, 4) is 5.75 Å². The number of hydrogen-bond acceptors (Lipinski definition) is 3. The zero-order valence-corrected chi connectivity index (χ0v) is 8.95. The minimum Gasteiger partial charge on any atom is -0.477 e. The highest BCUT2D eigenvalue weighted by atomic mass is 79.9. The Morgan fingerprint density at radius 3 is 3.29 bits per heavy atom. The van der Waals surface area contributed by atoms with Crippen molar-refractivity contribution in [2.24, 2.45) is 0 Å². The molecule has 1 aromatic rings. The fourth-order valence-corrected chi connectivity index (χ4v) is 1.69. The highest BCUT2D eigenvalue weighted by molar-refractivity contribution is 9.09. The lowest BCUT2D eigenvalue weighted by atomic mass is 10.2. The van der Waals surface area contributed by atoms with Gasteiger partial charge in [-0.3, -0.25) is 4.79 Å². The molecule has 14 heavy (non-hydrogen) atoms. The quantitative estimate of drug-likeness (QED) is 0.818. The van der Waals surface area contributed by atoms with Gasteiger partial charge in [0.05, 0.1) is 0 Å². The normalized spacial score (nSPS) is 19.5. The molecule has 74 valence electrons. The molecule has 1 aromatic heterocycles. The predicted octanol–water partition coefficient (Wildman–Crippen LogP) is 1.57. The van der Waals surface area contributed by atoms with Crippen LogP contribution in [0.1, 0.15) is 6.42 Å². The molecule has 5 heteroatoms. The van der Waals surface area contributed by atoms with Crippen LogP contribution in [0, 0.1) is 0 Å². The fraction of sp³-hybridized carbons (Fsp3) is 0.333. The van der Waals surface area contributed by atoms with Crippen molar-refractivity contribution >= 4 is 27.7 Å². The topological polar surface area (TPSA) is 51.2 Å². The predicted molar refractivity (Wildman–Crippen MR) is 55.7 cm³/mol. The first kappa shape index (κ1) is 9.45. The highest BCUT2D eigenvalue weighted by Crippen LogP contribution is 2.27. The molecule has 0 unspecified atom stereocenters. The first-order valence-electron chi connectivity index (χ1n) is 4.30. The van der Waals surface area contributed by atoms with Crippen LogP contribution in [0.25, 0.3) is 0 Å². The van der Waals surface area contributed by atoms with Crippen molar-refractivity contribution in [1.82, 2.24) is 4.98 Å². The fourth-order valence-electron chi connectivity index (χ4n) is 1.27. The van der Waals surface area contributed by atoms with E-state index >= 15 is 0 Å². The Bertz CT molecular complexity index is 356. The van der Waals surface area contributed by atoms with Gasteiger partial charge < -0.3 is 10.1 Å². The van der Waals surface area contributed by atoms with Gasteiger partial charge in [-0.25, -0.2) is 4.98 Å². The Morgan fingerprint density at radius 1 is 1.64 bits per heavy atom. The van der Waals surface area contributed by atoms with Gasteiger partial charge in [0.15, 0.2) is 17.7 Å². The number of ether oxygens (including phenoxy) is 1. The van der Waals surface area contributed by atoms with Crippen molar-refractivity contribution in [1.29, 1.82) is 0 Å². The van der Waals surface area contributed by atoms with Crippen LogP contribution < -0.4 is 10.1 Å². The maximum atomic E-state index is 11.5. The van der Waals surface area contributed by atoms with Gasteiger partial charge >= 0.3 is 0 Å². The number of nitrogens with one attached hydrogen (secondary N) is 1. The molecule has 2 rings (SSSR count). The zero-order chi connectivity index (χ0) is 9.97. The van der Waals surface area contributed by atoms with Crippen LogP contribution >= 0.6 is 15.9 Å². The molecule has 0 radical (unpaired) electrons. The Hall–Kier alpha value is -1.10. The Balaban J connectivity index is 2.22. The van der Waals surface area contributed by atoms with Gasteiger partial charge in [-0.15, -0.1) is 0 Å². The first-order chi connectivity index (χ1) is 6.81. The molecule has 0 bridgehead atoms. The molecule has 0 spiro atoms. The number of carbonyl (C=O) groups excluding carboxylic acids is 1. The average Bonchev–Trinajstić information content (AvgIpc) is 2.19. The summed E-state index contributed by atoms with van der Waals surface area (Å²) in [6.07, 6.45) is 1.86. The average molecular weight is 257 g/mol. The summed E-state index contributed by atoms with van der Waals surface area (Å²) in [5.74, 6) is 1.01. The third-order valence-corrected chi connectivity index (χ3v) is 2.40. The summed E-state index contributed by atoms with van der Waals surface area (Å²) in [6, 6.07) is 3.57. The van der Waals surface area contributed by atoms with Crippen LogP contribution in [0.4, 0.5) is 5.82 Å². The van der Waals surface area contributed by atoms with E-state index < -0.39 is 6.10 Å². The lowest BCUT2D eigenvalue weighted by Crippen LogP contribution is -2.37. The van der Waals surface area contributed by atoms with Crippen LogP contribution in [0.5, 0.6) is 5.75 Å². The van der Waals surface area contributed by atoms with Crippen LogP contribution in [-0.2, 0) is 4.79 Å². The minimum absolute atomic E-state index is 0.129. The van der Waals surface area contributed by atoms with Gasteiger partial charge in [0.2, 0.25) is 0 Å². The Kier molecular flexibility index (Phi) is 2.67. The van der Waals surface area contributed by atoms with Gasteiger partial charge in [0, 0.05) is 17.9 Å². The molecular weight excluding hydrogens is 248 g/mol. The summed E-state index contributed by atoms with van der Waals surface area (Å²) in [5, 5.41) is 3.44. The molecule has 0 aliphatic carbocycles. The number of carbonyl (C=O) groups is 1. The second-order valence-electron chi connectivity index (χ2n) is 2.92. The number of hydrogen-bond donors (Lipinski definition) is 1. The third-order valence-electron chi connectivity index (χ3n) is 1.95. The molecule has 1 N–H and O–H groups in total. The summed E-state index contributed by atoms with van der Waals surface area (Å²) in [6.45, 7) is 0. The molecule has 1 amide bonds. The Labute approximate surface area is 89.8 Å². The van der Waals surface area contributed by atoms with Crippen LogP contribution in [0.15, 0.2) is 18.3 Å². The maximum absolute atomic E-state index is 11.5. The van der Waals surface area contributed by atoms with E-state index in [9.17, 15) is 4.79 Å². The molecule has 1 aliphatic heterocycles. The zero-order valence-electron chi connectivity index (χ0n) is 7.37. The van der Waals surface area contributed by atoms with E-state index in [4.69, 9.17) is 4.74 Å². The van der Waals surface area contributed by atoms with E-state index in [2.05, 4.69) is 26.2 Å². The molecular formula is C9H9BrN2O2. The van der Waals surface area contributed by atoms with E-state index in [0.29, 0.717) is 18.0 Å². The van der Waals surface area contributed by atoms with Crippen LogP contribution in [0.3, 0.4) is 0 Å². The summed E-state index contributed by atoms with van der Waals surface area (Å²) in [7, 11) is 0. The number of pyridine rings is 1. The molecule has 4 nitrogen and oxygen atoms in total.